The maximum Gasteiger partial charge on any atom is 0.246 e. The number of halogens is 1. The molecule has 8 rings (SSSR count). The van der Waals surface area contributed by atoms with E-state index in [1.54, 1.807) is 46.9 Å². The fraction of sp³-hybridized carbons (Fsp3) is 0.377. The zero-order valence-corrected chi connectivity index (χ0v) is 43.4. The largest absolute Gasteiger partial charge is 0.491 e. The lowest BCUT2D eigenvalue weighted by molar-refractivity contribution is -0.144. The second kappa shape index (κ2) is 21.6. The molecule has 6 aromatic rings. The molecular formula is C53H59ClN8O7S2. The number of thiophene rings is 2. The standard InChI is InChI=1S/C53H59ClN8O7S2/c1-29-20-23-70-47(29)36-14-12-34(13-15-36)31(3)55-50(66)42-25-39(63)27-61(42)51(67)48(53(6,7)8)58-44(65)28-68-21-22-69-40-11-9-10-38(24-40)56-43(64)26-41-49-60-59-33(5)62(49)52-45(30(2)32(4)71-52)46(57-41)35-16-18-37(54)19-17-35/h9-20,23-24,31,39,41-42,48,63H,21-22,25-28H2,1-8H3,(H,55,66)(H,56,64)(H,58,65)/t31-,39+,41-,42-,48+/m0/s1. The van der Waals surface area contributed by atoms with Gasteiger partial charge in [-0.3, -0.25) is 28.7 Å². The first-order valence-corrected chi connectivity index (χ1v) is 25.6. The van der Waals surface area contributed by atoms with Crippen molar-refractivity contribution in [1.29, 1.82) is 0 Å². The van der Waals surface area contributed by atoms with Crippen LogP contribution >= 0.6 is 34.3 Å². The lowest BCUT2D eigenvalue weighted by Crippen LogP contribution is -2.58. The number of carbonyl (C=O) groups is 4. The van der Waals surface area contributed by atoms with Crippen LogP contribution in [0.2, 0.25) is 5.02 Å². The van der Waals surface area contributed by atoms with E-state index in [2.05, 4.69) is 58.4 Å². The van der Waals surface area contributed by atoms with Crippen molar-refractivity contribution in [3.05, 3.63) is 134 Å². The lowest BCUT2D eigenvalue weighted by Gasteiger charge is -2.35. The summed E-state index contributed by atoms with van der Waals surface area (Å²) in [5.41, 5.74) is 6.69. The summed E-state index contributed by atoms with van der Waals surface area (Å²) in [7, 11) is 0. The topological polar surface area (TPSA) is 189 Å². The molecule has 0 saturated carbocycles. The highest BCUT2D eigenvalue weighted by Gasteiger charge is 2.45. The van der Waals surface area contributed by atoms with Gasteiger partial charge in [-0.15, -0.1) is 32.9 Å². The third-order valence-electron chi connectivity index (χ3n) is 12.8. The van der Waals surface area contributed by atoms with Gasteiger partial charge in [0.1, 0.15) is 47.9 Å². The number of anilines is 1. The van der Waals surface area contributed by atoms with E-state index in [0.717, 1.165) is 43.4 Å². The number of hydrogen-bond acceptors (Lipinski definition) is 12. The Hall–Kier alpha value is -6.24. The molecule has 372 valence electrons. The van der Waals surface area contributed by atoms with Crippen molar-refractivity contribution in [2.24, 2.45) is 10.4 Å². The van der Waals surface area contributed by atoms with Gasteiger partial charge in [-0.2, -0.15) is 0 Å². The van der Waals surface area contributed by atoms with Crippen LogP contribution in [0.15, 0.2) is 89.2 Å². The number of aliphatic imine (C=N–C) groups is 1. The summed E-state index contributed by atoms with van der Waals surface area (Å²) in [4.78, 5) is 63.8. The molecule has 3 aromatic carbocycles. The first kappa shape index (κ1) is 51.1. The first-order valence-electron chi connectivity index (χ1n) is 23.6. The van der Waals surface area contributed by atoms with Gasteiger partial charge < -0.3 is 35.4 Å². The molecule has 0 aliphatic carbocycles. The van der Waals surface area contributed by atoms with Gasteiger partial charge in [0.2, 0.25) is 23.6 Å². The van der Waals surface area contributed by atoms with Crippen molar-refractivity contribution >= 4 is 69.3 Å². The zero-order valence-electron chi connectivity index (χ0n) is 41.0. The highest BCUT2D eigenvalue weighted by atomic mass is 35.5. The maximum absolute atomic E-state index is 14.2. The summed E-state index contributed by atoms with van der Waals surface area (Å²) < 4.78 is 13.6. The summed E-state index contributed by atoms with van der Waals surface area (Å²) in [6, 6.07) is 21.7. The molecular weight excluding hydrogens is 960 g/mol. The number of nitrogens with zero attached hydrogens (tertiary/aromatic N) is 5. The fourth-order valence-corrected chi connectivity index (χ4v) is 11.1. The predicted octanol–water partition coefficient (Wildman–Crippen LogP) is 8.63. The quantitative estimate of drug-likeness (QED) is 0.0688. The molecule has 3 aromatic heterocycles. The van der Waals surface area contributed by atoms with Crippen molar-refractivity contribution in [2.45, 2.75) is 98.5 Å². The molecule has 15 nitrogen and oxygen atoms in total. The fourth-order valence-electron chi connectivity index (χ4n) is 8.87. The van der Waals surface area contributed by atoms with E-state index in [1.165, 1.54) is 15.3 Å². The van der Waals surface area contributed by atoms with Gasteiger partial charge in [0.15, 0.2) is 5.82 Å². The van der Waals surface area contributed by atoms with Crippen LogP contribution in [0.5, 0.6) is 5.75 Å². The number of fused-ring (bicyclic) bond motifs is 3. The van der Waals surface area contributed by atoms with Crippen LogP contribution in [0.25, 0.3) is 15.4 Å². The van der Waals surface area contributed by atoms with Gasteiger partial charge in [0.05, 0.1) is 30.9 Å². The van der Waals surface area contributed by atoms with E-state index < -0.39 is 41.5 Å². The van der Waals surface area contributed by atoms with Crippen molar-refractivity contribution < 1.29 is 33.8 Å². The van der Waals surface area contributed by atoms with E-state index >= 15 is 0 Å². The first-order chi connectivity index (χ1) is 33.9. The summed E-state index contributed by atoms with van der Waals surface area (Å²) in [6.07, 6.45) is -0.831. The van der Waals surface area contributed by atoms with Crippen molar-refractivity contribution in [3.8, 4) is 21.2 Å². The smallest absolute Gasteiger partial charge is 0.246 e. The molecule has 0 spiro atoms. The maximum atomic E-state index is 14.2. The van der Waals surface area contributed by atoms with E-state index in [0.29, 0.717) is 28.1 Å². The Balaban J connectivity index is 0.831. The number of aliphatic hydroxyl groups is 1. The van der Waals surface area contributed by atoms with Crippen molar-refractivity contribution in [1.82, 2.24) is 30.3 Å². The van der Waals surface area contributed by atoms with Crippen molar-refractivity contribution in [2.75, 3.05) is 31.7 Å². The number of nitrogens with one attached hydrogen (secondary N) is 3. The number of β-amino-alcohol motifs (C(OH)–C–C–N with tert-alkyl or cyclic N) is 1. The second-order valence-electron chi connectivity index (χ2n) is 19.1. The molecule has 1 saturated heterocycles. The van der Waals surface area contributed by atoms with Gasteiger partial charge in [0.25, 0.3) is 0 Å². The van der Waals surface area contributed by atoms with Crippen LogP contribution in [0.1, 0.15) is 97.0 Å². The van der Waals surface area contributed by atoms with Crippen LogP contribution in [-0.2, 0) is 23.9 Å². The monoisotopic (exact) mass is 1020 g/mol. The van der Waals surface area contributed by atoms with Gasteiger partial charge in [0, 0.05) is 50.6 Å². The second-order valence-corrected chi connectivity index (χ2v) is 21.7. The number of aliphatic hydroxyl groups excluding tert-OH is 1. The van der Waals surface area contributed by atoms with E-state index in [1.807, 2.05) is 87.7 Å². The molecule has 5 heterocycles. The zero-order chi connectivity index (χ0) is 50.7. The Morgan fingerprint density at radius 3 is 2.35 bits per heavy atom. The third kappa shape index (κ3) is 11.6. The Kier molecular flexibility index (Phi) is 15.6. The Morgan fingerprint density at radius 1 is 0.915 bits per heavy atom. The molecule has 2 aliphatic rings. The highest BCUT2D eigenvalue weighted by Crippen LogP contribution is 2.40. The van der Waals surface area contributed by atoms with Crippen LogP contribution in [0.3, 0.4) is 0 Å². The number of amides is 4. The number of carbonyl (C=O) groups excluding carboxylic acids is 4. The normalized spacial score (nSPS) is 17.4. The molecule has 0 radical (unpaired) electrons. The molecule has 5 atom stereocenters. The number of hydrogen-bond donors (Lipinski definition) is 4. The van der Waals surface area contributed by atoms with Gasteiger partial charge >= 0.3 is 0 Å². The van der Waals surface area contributed by atoms with Gasteiger partial charge in [-0.1, -0.05) is 74.8 Å². The predicted molar refractivity (Wildman–Crippen MR) is 278 cm³/mol. The number of likely N-dealkylation sites (tertiary alicyclic amines) is 1. The average molecular weight is 1020 g/mol. The minimum atomic E-state index is -1.01. The molecule has 0 bridgehead atoms. The number of rotatable bonds is 16. The molecule has 4 N–H and O–H groups in total. The van der Waals surface area contributed by atoms with Crippen LogP contribution in [-0.4, -0.2) is 98.7 Å². The van der Waals surface area contributed by atoms with Gasteiger partial charge in [-0.05, 0) is 98.0 Å². The van der Waals surface area contributed by atoms with Crippen LogP contribution < -0.4 is 20.7 Å². The van der Waals surface area contributed by atoms with Gasteiger partial charge in [-0.25, -0.2) is 0 Å². The Labute approximate surface area is 426 Å². The number of aryl methyl sites for hydroxylation is 3. The molecule has 2 aliphatic heterocycles. The third-order valence-corrected chi connectivity index (χ3v) is 15.3. The Morgan fingerprint density at radius 2 is 1.65 bits per heavy atom. The van der Waals surface area contributed by atoms with Crippen LogP contribution in [0.4, 0.5) is 5.69 Å². The van der Waals surface area contributed by atoms with E-state index in [-0.39, 0.29) is 57.1 Å². The van der Waals surface area contributed by atoms with Crippen LogP contribution in [0, 0.1) is 33.1 Å². The lowest BCUT2D eigenvalue weighted by atomic mass is 9.85. The van der Waals surface area contributed by atoms with E-state index in [4.69, 9.17) is 26.1 Å². The summed E-state index contributed by atoms with van der Waals surface area (Å²) in [5, 5.41) is 32.0. The summed E-state index contributed by atoms with van der Waals surface area (Å²) >= 11 is 9.58. The number of aromatic nitrogens is 3. The SMILES string of the molecule is Cc1ccsc1-c1ccc([C@H](C)NC(=O)[C@@H]2C[C@@H](O)CN2C(=O)[C@@H](NC(=O)COCCOc2cccc(NC(=O)C[C@@H]3N=C(c4ccc(Cl)cc4)c4c(sc(C)c4C)-n4c(C)nnc43)c2)C(C)(C)C)cc1. The average Bonchev–Trinajstić information content (AvgIpc) is 4.10. The molecule has 71 heavy (non-hydrogen) atoms. The number of benzene rings is 3. The summed E-state index contributed by atoms with van der Waals surface area (Å²) in [6.45, 7) is 15.2. The highest BCUT2D eigenvalue weighted by molar-refractivity contribution is 7.15. The van der Waals surface area contributed by atoms with E-state index in [9.17, 15) is 24.3 Å². The summed E-state index contributed by atoms with van der Waals surface area (Å²) in [5.74, 6) is 0.0895. The molecule has 1 fully saturated rings. The Bertz CT molecular complexity index is 2960. The number of ether oxygens (including phenoxy) is 2. The molecule has 0 unspecified atom stereocenters. The molecule has 18 heteroatoms. The van der Waals surface area contributed by atoms with Crippen molar-refractivity contribution in [3.63, 3.8) is 0 Å². The minimum absolute atomic E-state index is 0.00766. The minimum Gasteiger partial charge on any atom is -0.491 e. The molecule has 4 amide bonds.